The normalized spacial score (nSPS) is 44.9. The van der Waals surface area contributed by atoms with Gasteiger partial charge < -0.3 is 54.7 Å². The van der Waals surface area contributed by atoms with E-state index in [1.165, 1.54) is 0 Å². The summed E-state index contributed by atoms with van der Waals surface area (Å²) in [7, 11) is 0. The maximum absolute atomic E-state index is 14.0. The Morgan fingerprint density at radius 3 is 2.31 bits per heavy atom. The molecular formula is C40H60O14. The van der Waals surface area contributed by atoms with E-state index in [1.54, 1.807) is 0 Å². The van der Waals surface area contributed by atoms with Crippen LogP contribution in [0.2, 0.25) is 0 Å². The molecule has 2 saturated heterocycles. The summed E-state index contributed by atoms with van der Waals surface area (Å²) in [6.07, 6.45) is -8.17. The van der Waals surface area contributed by atoms with Crippen molar-refractivity contribution in [2.24, 2.45) is 46.3 Å². The summed E-state index contributed by atoms with van der Waals surface area (Å²) >= 11 is 0. The van der Waals surface area contributed by atoms with Gasteiger partial charge in [0.25, 0.3) is 0 Å². The van der Waals surface area contributed by atoms with Crippen LogP contribution in [0.3, 0.4) is 0 Å². The second-order valence-electron chi connectivity index (χ2n) is 17.7. The van der Waals surface area contributed by atoms with Gasteiger partial charge in [-0.2, -0.15) is 0 Å². The minimum absolute atomic E-state index is 0.0624. The van der Waals surface area contributed by atoms with Crippen LogP contribution in [-0.2, 0) is 33.3 Å². The molecule has 304 valence electrons. The second kappa shape index (κ2) is 15.6. The van der Waals surface area contributed by atoms with Crippen molar-refractivity contribution in [3.8, 4) is 0 Å². The molecule has 4 aliphatic carbocycles. The summed E-state index contributed by atoms with van der Waals surface area (Å²) in [5.74, 6) is -2.17. The predicted octanol–water partition coefficient (Wildman–Crippen LogP) is 2.57. The first-order valence-electron chi connectivity index (χ1n) is 19.8. The molecule has 0 radical (unpaired) electrons. The molecule has 0 aromatic carbocycles. The van der Waals surface area contributed by atoms with Crippen molar-refractivity contribution in [2.45, 2.75) is 154 Å². The summed E-state index contributed by atoms with van der Waals surface area (Å²) < 4.78 is 22.7. The Bertz CT molecular complexity index is 1510. The lowest BCUT2D eigenvalue weighted by molar-refractivity contribution is -0.350. The van der Waals surface area contributed by atoms with E-state index in [-0.39, 0.29) is 58.8 Å². The van der Waals surface area contributed by atoms with Gasteiger partial charge >= 0.3 is 5.97 Å². The number of carboxylic acids is 1. The minimum atomic E-state index is -1.88. The Balaban J connectivity index is 1.15. The first kappa shape index (κ1) is 41.4. The molecule has 4 fully saturated rings. The number of hydrogen-bond acceptors (Lipinski definition) is 13. The van der Waals surface area contributed by atoms with Crippen LogP contribution < -0.4 is 0 Å². The fourth-order valence-electron chi connectivity index (χ4n) is 11.2. The molecule has 14 heteroatoms. The summed E-state index contributed by atoms with van der Waals surface area (Å²) in [5, 5.41) is 73.6. The van der Waals surface area contributed by atoms with Gasteiger partial charge in [0, 0.05) is 17.8 Å². The van der Waals surface area contributed by atoms with Crippen LogP contribution in [-0.4, -0.2) is 121 Å². The van der Waals surface area contributed by atoms with Gasteiger partial charge in [0.15, 0.2) is 24.4 Å². The summed E-state index contributed by atoms with van der Waals surface area (Å²) in [6, 6.07) is 0. The van der Waals surface area contributed by atoms with E-state index in [0.29, 0.717) is 37.7 Å². The van der Waals surface area contributed by atoms with E-state index in [0.717, 1.165) is 18.4 Å². The minimum Gasteiger partial charge on any atom is -0.504 e. The van der Waals surface area contributed by atoms with Crippen LogP contribution in [0, 0.1) is 46.3 Å². The number of aliphatic hydroxyl groups excluding tert-OH is 6. The molecule has 14 nitrogen and oxygen atoms in total. The van der Waals surface area contributed by atoms with E-state index >= 15 is 0 Å². The maximum Gasteiger partial charge on any atom is 0.335 e. The Kier molecular flexibility index (Phi) is 11.9. The largest absolute Gasteiger partial charge is 0.504 e. The molecule has 17 atom stereocenters. The number of carbonyl (C=O) groups is 3. The highest BCUT2D eigenvalue weighted by molar-refractivity contribution is 6.02. The van der Waals surface area contributed by atoms with Crippen molar-refractivity contribution in [1.82, 2.24) is 0 Å². The Morgan fingerprint density at radius 2 is 1.67 bits per heavy atom. The third-order valence-corrected chi connectivity index (χ3v) is 14.1. The van der Waals surface area contributed by atoms with Gasteiger partial charge in [-0.1, -0.05) is 53.2 Å². The molecule has 54 heavy (non-hydrogen) atoms. The first-order valence-corrected chi connectivity index (χ1v) is 19.8. The molecule has 6 rings (SSSR count). The predicted molar refractivity (Wildman–Crippen MR) is 190 cm³/mol. The van der Waals surface area contributed by atoms with Gasteiger partial charge in [-0.3, -0.25) is 9.59 Å². The molecule has 17 unspecified atom stereocenters. The van der Waals surface area contributed by atoms with Crippen LogP contribution >= 0.6 is 0 Å². The monoisotopic (exact) mass is 764 g/mol. The lowest BCUT2D eigenvalue weighted by Crippen LogP contribution is -2.64. The highest BCUT2D eigenvalue weighted by Gasteiger charge is 2.61. The van der Waals surface area contributed by atoms with Gasteiger partial charge in [-0.05, 0) is 79.6 Å². The van der Waals surface area contributed by atoms with Gasteiger partial charge in [-0.15, -0.1) is 0 Å². The van der Waals surface area contributed by atoms with Crippen molar-refractivity contribution < 1.29 is 69.1 Å². The fraction of sp³-hybridized carbons (Fsp3) is 0.825. The average Bonchev–Trinajstić information content (AvgIpc) is 3.31. The number of aliphatic carboxylic acids is 1. The first-order chi connectivity index (χ1) is 25.3. The highest BCUT2D eigenvalue weighted by Crippen LogP contribution is 2.65. The van der Waals surface area contributed by atoms with Crippen molar-refractivity contribution in [2.75, 3.05) is 6.61 Å². The van der Waals surface area contributed by atoms with Gasteiger partial charge in [0.2, 0.25) is 5.78 Å². The van der Waals surface area contributed by atoms with Crippen molar-refractivity contribution in [1.29, 1.82) is 0 Å². The van der Waals surface area contributed by atoms with E-state index < -0.39 is 85.3 Å². The fourth-order valence-corrected chi connectivity index (χ4v) is 11.2. The number of carboxylic acid groups (broad SMARTS) is 1. The van der Waals surface area contributed by atoms with Crippen molar-refractivity contribution in [3.05, 3.63) is 23.0 Å². The molecule has 2 heterocycles. The number of Topliss-reactive ketones (excluding diaryl/α,β-unsaturated/α-hetero) is 2. The quantitative estimate of drug-likeness (QED) is 0.150. The molecule has 6 aliphatic rings. The van der Waals surface area contributed by atoms with Crippen molar-refractivity contribution in [3.63, 3.8) is 0 Å². The van der Waals surface area contributed by atoms with E-state index in [1.807, 2.05) is 27.7 Å². The van der Waals surface area contributed by atoms with Gasteiger partial charge in [0.05, 0.1) is 18.6 Å². The molecule has 7 N–H and O–H groups in total. The number of hydrogen-bond donors (Lipinski definition) is 7. The molecule has 0 aromatic heterocycles. The second-order valence-corrected chi connectivity index (χ2v) is 17.7. The zero-order valence-electron chi connectivity index (χ0n) is 32.2. The zero-order chi connectivity index (χ0) is 39.6. The smallest absolute Gasteiger partial charge is 0.335 e. The Labute approximate surface area is 316 Å². The highest BCUT2D eigenvalue weighted by atomic mass is 16.7. The van der Waals surface area contributed by atoms with Crippen LogP contribution in [0.15, 0.2) is 23.0 Å². The molecule has 0 bridgehead atoms. The Morgan fingerprint density at radius 1 is 0.963 bits per heavy atom. The van der Waals surface area contributed by atoms with Crippen LogP contribution in [0.4, 0.5) is 0 Å². The molecule has 2 saturated carbocycles. The molecular weight excluding hydrogens is 704 g/mol. The summed E-state index contributed by atoms with van der Waals surface area (Å²) in [6.45, 7) is 12.0. The third kappa shape index (κ3) is 7.02. The Hall–Kier alpha value is -2.27. The number of allylic oxidation sites excluding steroid dienone is 4. The third-order valence-electron chi connectivity index (χ3n) is 14.1. The van der Waals surface area contributed by atoms with Crippen LogP contribution in [0.5, 0.6) is 0 Å². The number of rotatable bonds is 11. The van der Waals surface area contributed by atoms with Gasteiger partial charge in [-0.25, -0.2) is 4.79 Å². The molecule has 0 amide bonds. The number of carbonyl (C=O) groups excluding carboxylic acids is 2. The number of ether oxygens (including phenoxy) is 4. The van der Waals surface area contributed by atoms with Crippen molar-refractivity contribution >= 4 is 17.5 Å². The number of ketones is 2. The zero-order valence-corrected chi connectivity index (χ0v) is 32.2. The average molecular weight is 765 g/mol. The lowest BCUT2D eigenvalue weighted by Gasteiger charge is -2.57. The van der Waals surface area contributed by atoms with E-state index in [2.05, 4.69) is 19.9 Å². The summed E-state index contributed by atoms with van der Waals surface area (Å²) in [5.41, 5.74) is 0.995. The number of aliphatic hydroxyl groups is 6. The SMILES string of the molecule is CCC(C(=O)CC(C)C1=C(O)C(=O)C2C3=CCC4CC(OC5OC(C(=O)O)C(O)C(OC6OCC(O)C(O)C6O)C5O)CCC4(C)C3CCC12C)C(C)C. The summed E-state index contributed by atoms with van der Waals surface area (Å²) in [4.78, 5) is 39.4. The van der Waals surface area contributed by atoms with Crippen LogP contribution in [0.1, 0.15) is 92.9 Å². The molecule has 2 aliphatic heterocycles. The van der Waals surface area contributed by atoms with E-state index in [4.69, 9.17) is 18.9 Å². The van der Waals surface area contributed by atoms with E-state index in [9.17, 15) is 50.1 Å². The number of fused-ring (bicyclic) bond motifs is 5. The molecule has 0 spiro atoms. The topological polar surface area (TPSA) is 230 Å². The maximum atomic E-state index is 14.0. The van der Waals surface area contributed by atoms with Crippen LogP contribution in [0.25, 0.3) is 0 Å². The lowest BCUT2D eigenvalue weighted by atomic mass is 9.47. The standard InChI is InChI=1S/C40H60O14/c1-7-21(17(2)3)24(41)14-18(4)26-29(44)30(45)27-22-9-8-19-15-20(10-12-39(19,5)23(22)11-13-40(26,27)6)52-38-33(48)34(32(47)35(54-38)36(49)50)53-37-31(46)28(43)25(42)16-51-37/h9,17-21,23,25,27-28,31-35,37-38,42-44,46-48H,7-8,10-16H2,1-6H3,(H,49,50). The van der Waals surface area contributed by atoms with Gasteiger partial charge in [0.1, 0.15) is 42.4 Å². The molecule has 0 aromatic rings.